The Balaban J connectivity index is 2.38. The van der Waals surface area contributed by atoms with Crippen LogP contribution < -0.4 is 5.32 Å². The van der Waals surface area contributed by atoms with Crippen LogP contribution >= 0.6 is 0 Å². The lowest BCUT2D eigenvalue weighted by molar-refractivity contribution is -0.302. The van der Waals surface area contributed by atoms with E-state index >= 15 is 0 Å². The Hall–Kier alpha value is -0.810. The lowest BCUT2D eigenvalue weighted by atomic mass is 9.99. The average molecular weight is 702 g/mol. The summed E-state index contributed by atoms with van der Waals surface area (Å²) in [5, 5.41) is 54.1. The molecule has 1 aliphatic rings. The summed E-state index contributed by atoms with van der Waals surface area (Å²) in [6.07, 6.45) is 25.3. The number of amides is 1. The Labute approximate surface area is 300 Å². The molecular weight excluding hydrogens is 622 g/mol. The summed E-state index contributed by atoms with van der Waals surface area (Å²) < 4.78 is 11.2. The van der Waals surface area contributed by atoms with E-state index in [1.165, 1.54) is 128 Å². The van der Waals surface area contributed by atoms with E-state index in [-0.39, 0.29) is 12.5 Å². The van der Waals surface area contributed by atoms with Crippen LogP contribution in [-0.4, -0.2) is 87.5 Å². The van der Waals surface area contributed by atoms with E-state index in [2.05, 4.69) is 19.2 Å². The van der Waals surface area contributed by atoms with Crippen LogP contribution in [0.5, 0.6) is 0 Å². The predicted octanol–water partition coefficient (Wildman–Crippen LogP) is 7.61. The van der Waals surface area contributed by atoms with Crippen LogP contribution in [0.4, 0.5) is 0 Å². The molecule has 1 fully saturated rings. The van der Waals surface area contributed by atoms with Crippen LogP contribution in [0.15, 0.2) is 0 Å². The van der Waals surface area contributed by atoms with Crippen molar-refractivity contribution in [2.75, 3.05) is 13.2 Å². The van der Waals surface area contributed by atoms with Crippen molar-refractivity contribution < 1.29 is 39.8 Å². The first-order valence-electron chi connectivity index (χ1n) is 20.7. The molecule has 0 unspecified atom stereocenters. The van der Waals surface area contributed by atoms with Crippen LogP contribution in [-0.2, 0) is 14.3 Å². The maximum Gasteiger partial charge on any atom is 0.220 e. The third-order valence-corrected chi connectivity index (χ3v) is 10.2. The van der Waals surface area contributed by atoms with Crippen molar-refractivity contribution in [1.29, 1.82) is 0 Å². The van der Waals surface area contributed by atoms with Gasteiger partial charge in [-0.3, -0.25) is 4.79 Å². The third-order valence-electron chi connectivity index (χ3n) is 10.2. The van der Waals surface area contributed by atoms with Crippen molar-refractivity contribution in [2.24, 2.45) is 0 Å². The number of ether oxygens (including phenoxy) is 2. The number of aliphatic hydroxyl groups excluding tert-OH is 5. The lowest BCUT2D eigenvalue weighted by Crippen LogP contribution is -2.60. The van der Waals surface area contributed by atoms with Gasteiger partial charge in [0.05, 0.1) is 25.4 Å². The van der Waals surface area contributed by atoms with Crippen molar-refractivity contribution in [3.8, 4) is 0 Å². The highest BCUT2D eigenvalue weighted by Crippen LogP contribution is 2.23. The van der Waals surface area contributed by atoms with Gasteiger partial charge in [-0.1, -0.05) is 174 Å². The summed E-state index contributed by atoms with van der Waals surface area (Å²) in [4.78, 5) is 12.9. The first kappa shape index (κ1) is 46.2. The molecule has 0 bridgehead atoms. The quantitative estimate of drug-likeness (QED) is 0.0376. The van der Waals surface area contributed by atoms with E-state index < -0.39 is 49.5 Å². The molecule has 6 N–H and O–H groups in total. The molecule has 7 atom stereocenters. The van der Waals surface area contributed by atoms with Crippen molar-refractivity contribution in [3.63, 3.8) is 0 Å². The molecule has 0 spiro atoms. The number of carbonyl (C=O) groups excluding carboxylic acids is 1. The molecule has 9 nitrogen and oxygen atoms in total. The minimum Gasteiger partial charge on any atom is -0.394 e. The second kappa shape index (κ2) is 31.9. The lowest BCUT2D eigenvalue weighted by Gasteiger charge is -2.40. The Kier molecular flexibility index (Phi) is 30.1. The molecule has 0 aromatic rings. The zero-order chi connectivity index (χ0) is 36.0. The van der Waals surface area contributed by atoms with Gasteiger partial charge in [0, 0.05) is 6.42 Å². The molecule has 9 heteroatoms. The van der Waals surface area contributed by atoms with Gasteiger partial charge < -0.3 is 40.3 Å². The first-order chi connectivity index (χ1) is 23.8. The molecule has 292 valence electrons. The fourth-order valence-corrected chi connectivity index (χ4v) is 6.81. The SMILES string of the molecule is CCCCCCCCCCCCCCCC(=O)N[C@@H](CO[C@H]1O[C@H](CO)[C@H](O)[C@H](O)[C@H]1O)[C@H](O)CCCCCCCCCCCCCCC. The highest BCUT2D eigenvalue weighted by molar-refractivity contribution is 5.76. The number of aliphatic hydroxyl groups is 5. The fourth-order valence-electron chi connectivity index (χ4n) is 6.81. The van der Waals surface area contributed by atoms with Gasteiger partial charge in [0.2, 0.25) is 5.91 Å². The molecule has 1 aliphatic heterocycles. The van der Waals surface area contributed by atoms with Gasteiger partial charge in [0.15, 0.2) is 6.29 Å². The summed E-state index contributed by atoms with van der Waals surface area (Å²) >= 11 is 0. The number of unbranched alkanes of at least 4 members (excludes halogenated alkanes) is 24. The Morgan fingerprint density at radius 1 is 0.612 bits per heavy atom. The van der Waals surface area contributed by atoms with Crippen molar-refractivity contribution in [2.45, 2.75) is 236 Å². The molecule has 1 amide bonds. The van der Waals surface area contributed by atoms with E-state index in [4.69, 9.17) is 9.47 Å². The van der Waals surface area contributed by atoms with Crippen LogP contribution in [0.25, 0.3) is 0 Å². The Morgan fingerprint density at radius 2 is 1.02 bits per heavy atom. The number of rotatable bonds is 34. The van der Waals surface area contributed by atoms with E-state index in [0.717, 1.165) is 38.5 Å². The van der Waals surface area contributed by atoms with Crippen LogP contribution in [0.3, 0.4) is 0 Å². The van der Waals surface area contributed by atoms with Gasteiger partial charge in [-0.2, -0.15) is 0 Å². The van der Waals surface area contributed by atoms with Crippen LogP contribution in [0.2, 0.25) is 0 Å². The minimum atomic E-state index is -1.55. The van der Waals surface area contributed by atoms with Crippen molar-refractivity contribution >= 4 is 5.91 Å². The topological polar surface area (TPSA) is 149 Å². The van der Waals surface area contributed by atoms with Gasteiger partial charge in [-0.05, 0) is 12.8 Å². The van der Waals surface area contributed by atoms with E-state index in [0.29, 0.717) is 12.8 Å². The summed E-state index contributed by atoms with van der Waals surface area (Å²) in [7, 11) is 0. The number of hydrogen-bond acceptors (Lipinski definition) is 8. The van der Waals surface area contributed by atoms with Gasteiger partial charge in [0.25, 0.3) is 0 Å². The smallest absolute Gasteiger partial charge is 0.220 e. The second-order valence-electron chi connectivity index (χ2n) is 14.8. The highest BCUT2D eigenvalue weighted by Gasteiger charge is 2.44. The standard InChI is InChI=1S/C40H79NO8/c1-3-5-7-9-11-13-15-17-19-21-23-25-27-29-34(43)33(32-48-40-39(47)38(46)37(45)35(31-42)49-40)41-36(44)30-28-26-24-22-20-18-16-14-12-10-8-6-4-2/h33-35,37-40,42-43,45-47H,3-32H2,1-2H3,(H,41,44)/t33-,34+,35+,37-,38-,39+,40-/m0/s1. The molecule has 1 heterocycles. The van der Waals surface area contributed by atoms with Crippen LogP contribution in [0, 0.1) is 0 Å². The summed E-state index contributed by atoms with van der Waals surface area (Å²) in [6, 6.07) is -0.709. The molecule has 49 heavy (non-hydrogen) atoms. The van der Waals surface area contributed by atoms with Gasteiger partial charge in [-0.15, -0.1) is 0 Å². The maximum absolute atomic E-state index is 12.9. The summed E-state index contributed by atoms with van der Waals surface area (Å²) in [6.45, 7) is 3.82. The van der Waals surface area contributed by atoms with Gasteiger partial charge in [0.1, 0.15) is 24.4 Å². The van der Waals surface area contributed by atoms with Gasteiger partial charge >= 0.3 is 0 Å². The molecule has 1 saturated heterocycles. The molecule has 0 aliphatic carbocycles. The Morgan fingerprint density at radius 3 is 1.45 bits per heavy atom. The fraction of sp³-hybridized carbons (Fsp3) is 0.975. The molecule has 1 rings (SSSR count). The van der Waals surface area contributed by atoms with E-state index in [1.807, 2.05) is 0 Å². The minimum absolute atomic E-state index is 0.132. The van der Waals surface area contributed by atoms with Crippen molar-refractivity contribution in [3.05, 3.63) is 0 Å². The summed E-state index contributed by atoms with van der Waals surface area (Å²) in [5.41, 5.74) is 0. The molecular formula is C40H79NO8. The maximum atomic E-state index is 12.9. The Bertz CT molecular complexity index is 741. The number of carbonyl (C=O) groups is 1. The number of nitrogens with one attached hydrogen (secondary N) is 1. The first-order valence-corrected chi connectivity index (χ1v) is 20.7. The second-order valence-corrected chi connectivity index (χ2v) is 14.8. The average Bonchev–Trinajstić information content (AvgIpc) is 3.10. The van der Waals surface area contributed by atoms with Crippen LogP contribution in [0.1, 0.15) is 194 Å². The van der Waals surface area contributed by atoms with E-state index in [9.17, 15) is 30.3 Å². The zero-order valence-corrected chi connectivity index (χ0v) is 31.7. The monoisotopic (exact) mass is 702 g/mol. The molecule has 0 aromatic heterocycles. The molecule has 0 saturated carbocycles. The molecule has 0 radical (unpaired) electrons. The largest absolute Gasteiger partial charge is 0.394 e. The normalized spacial score (nSPS) is 22.3. The predicted molar refractivity (Wildman–Crippen MR) is 198 cm³/mol. The van der Waals surface area contributed by atoms with Gasteiger partial charge in [-0.25, -0.2) is 0 Å². The van der Waals surface area contributed by atoms with E-state index in [1.54, 1.807) is 0 Å². The third kappa shape index (κ3) is 23.4. The number of hydrogen-bond donors (Lipinski definition) is 6. The zero-order valence-electron chi connectivity index (χ0n) is 31.7. The highest BCUT2D eigenvalue weighted by atomic mass is 16.7. The summed E-state index contributed by atoms with van der Waals surface area (Å²) in [5.74, 6) is -0.144. The van der Waals surface area contributed by atoms with Crippen molar-refractivity contribution in [1.82, 2.24) is 5.32 Å². The molecule has 0 aromatic carbocycles.